The number of aryl methyl sites for hydroxylation is 1. The van der Waals surface area contributed by atoms with Gasteiger partial charge in [0, 0.05) is 22.4 Å². The molecule has 0 aliphatic carbocycles. The Morgan fingerprint density at radius 3 is 2.93 bits per heavy atom. The van der Waals surface area contributed by atoms with Crippen molar-refractivity contribution < 1.29 is 0 Å². The fraction of sp³-hybridized carbons (Fsp3) is 0.500. The summed E-state index contributed by atoms with van der Waals surface area (Å²) in [5.74, 6) is 0. The lowest BCUT2D eigenvalue weighted by Gasteiger charge is -2.16. The van der Waals surface area contributed by atoms with Crippen LogP contribution in [0.4, 0.5) is 0 Å². The molecule has 1 unspecified atom stereocenters. The van der Waals surface area contributed by atoms with Crippen molar-refractivity contribution in [3.63, 3.8) is 0 Å². The first-order valence-corrected chi connectivity index (χ1v) is 6.97. The van der Waals surface area contributed by atoms with Crippen molar-refractivity contribution in [1.29, 1.82) is 0 Å². The number of nitrogens with zero attached hydrogens (tertiary/aromatic N) is 1. The van der Waals surface area contributed by atoms with Crippen LogP contribution in [0.2, 0.25) is 0 Å². The SMILES string of the molecule is Cc1ccc(Br)cc1CN1CCC(Br)C1. The Hall–Kier alpha value is 0.140. The molecule has 1 nitrogen and oxygen atoms in total. The van der Waals surface area contributed by atoms with Crippen LogP contribution >= 0.6 is 31.9 Å². The van der Waals surface area contributed by atoms with Crippen molar-refractivity contribution in [2.24, 2.45) is 0 Å². The minimum absolute atomic E-state index is 0.685. The van der Waals surface area contributed by atoms with Gasteiger partial charge >= 0.3 is 0 Å². The van der Waals surface area contributed by atoms with E-state index in [1.165, 1.54) is 35.1 Å². The summed E-state index contributed by atoms with van der Waals surface area (Å²) in [7, 11) is 0. The number of alkyl halides is 1. The summed E-state index contributed by atoms with van der Waals surface area (Å²) >= 11 is 7.20. The predicted octanol–water partition coefficient (Wildman–Crippen LogP) is 3.73. The summed E-state index contributed by atoms with van der Waals surface area (Å²) < 4.78 is 1.18. The molecule has 1 aromatic carbocycles. The number of hydrogen-bond donors (Lipinski definition) is 0. The summed E-state index contributed by atoms with van der Waals surface area (Å²) in [6, 6.07) is 6.52. The van der Waals surface area contributed by atoms with Crippen LogP contribution in [0, 0.1) is 6.92 Å². The summed E-state index contributed by atoms with van der Waals surface area (Å²) in [6.45, 7) is 5.64. The maximum atomic E-state index is 3.67. The molecule has 1 atom stereocenters. The molecule has 3 heteroatoms. The Morgan fingerprint density at radius 1 is 1.47 bits per heavy atom. The highest BCUT2D eigenvalue weighted by molar-refractivity contribution is 9.10. The standard InChI is InChI=1S/C12H15Br2N/c1-9-2-3-11(13)6-10(9)7-15-5-4-12(14)8-15/h2-3,6,12H,4-5,7-8H2,1H3. The Bertz CT molecular complexity index is 351. The van der Waals surface area contributed by atoms with Crippen LogP contribution in [0.3, 0.4) is 0 Å². The Balaban J connectivity index is 2.07. The third-order valence-electron chi connectivity index (χ3n) is 2.92. The molecule has 0 bridgehead atoms. The Labute approximate surface area is 108 Å². The summed E-state index contributed by atoms with van der Waals surface area (Å²) in [5.41, 5.74) is 2.82. The monoisotopic (exact) mass is 331 g/mol. The molecule has 0 amide bonds. The lowest BCUT2D eigenvalue weighted by Crippen LogP contribution is -2.20. The minimum Gasteiger partial charge on any atom is -0.298 e. The van der Waals surface area contributed by atoms with E-state index in [9.17, 15) is 0 Å². The molecule has 0 saturated carbocycles. The van der Waals surface area contributed by atoms with Gasteiger partial charge in [-0.3, -0.25) is 4.90 Å². The van der Waals surface area contributed by atoms with E-state index in [2.05, 4.69) is 61.9 Å². The first-order chi connectivity index (χ1) is 7.15. The molecule has 1 fully saturated rings. The molecular formula is C12H15Br2N. The van der Waals surface area contributed by atoms with Crippen LogP contribution in [0.25, 0.3) is 0 Å². The van der Waals surface area contributed by atoms with Crippen LogP contribution in [0.1, 0.15) is 17.5 Å². The molecular weight excluding hydrogens is 318 g/mol. The van der Waals surface area contributed by atoms with E-state index in [0.717, 1.165) is 6.54 Å². The zero-order valence-corrected chi connectivity index (χ0v) is 12.0. The number of benzene rings is 1. The van der Waals surface area contributed by atoms with Gasteiger partial charge in [0.25, 0.3) is 0 Å². The normalized spacial score (nSPS) is 22.2. The highest BCUT2D eigenvalue weighted by Crippen LogP contribution is 2.22. The summed E-state index contributed by atoms with van der Waals surface area (Å²) in [6.07, 6.45) is 1.27. The van der Waals surface area contributed by atoms with E-state index in [1.54, 1.807) is 0 Å². The average Bonchev–Trinajstić information content (AvgIpc) is 2.58. The second kappa shape index (κ2) is 4.98. The van der Waals surface area contributed by atoms with Crippen LogP contribution < -0.4 is 0 Å². The molecule has 1 aliphatic rings. The summed E-state index contributed by atoms with van der Waals surface area (Å²) in [5, 5.41) is 0. The number of rotatable bonds is 2. The van der Waals surface area contributed by atoms with Crippen LogP contribution in [0.15, 0.2) is 22.7 Å². The zero-order valence-electron chi connectivity index (χ0n) is 8.84. The maximum Gasteiger partial charge on any atom is 0.0285 e. The fourth-order valence-corrected chi connectivity index (χ4v) is 3.00. The van der Waals surface area contributed by atoms with Gasteiger partial charge in [0.05, 0.1) is 0 Å². The van der Waals surface area contributed by atoms with Crippen LogP contribution in [0.5, 0.6) is 0 Å². The van der Waals surface area contributed by atoms with E-state index in [1.807, 2.05) is 0 Å². The second-order valence-corrected chi connectivity index (χ2v) is 6.40. The number of hydrogen-bond acceptors (Lipinski definition) is 1. The molecule has 1 aromatic rings. The smallest absolute Gasteiger partial charge is 0.0285 e. The summed E-state index contributed by atoms with van der Waals surface area (Å²) in [4.78, 5) is 3.19. The minimum atomic E-state index is 0.685. The van der Waals surface area contributed by atoms with Gasteiger partial charge in [-0.25, -0.2) is 0 Å². The van der Waals surface area contributed by atoms with Gasteiger partial charge in [-0.15, -0.1) is 0 Å². The molecule has 0 radical (unpaired) electrons. The van der Waals surface area contributed by atoms with Gasteiger partial charge in [-0.2, -0.15) is 0 Å². The lowest BCUT2D eigenvalue weighted by molar-refractivity contribution is 0.332. The van der Waals surface area contributed by atoms with E-state index in [4.69, 9.17) is 0 Å². The van der Waals surface area contributed by atoms with Crippen molar-refractivity contribution in [1.82, 2.24) is 4.90 Å². The van der Waals surface area contributed by atoms with E-state index in [-0.39, 0.29) is 0 Å². The third-order valence-corrected chi connectivity index (χ3v) is 4.16. The Kier molecular flexibility index (Phi) is 3.86. The number of halogens is 2. The van der Waals surface area contributed by atoms with E-state index in [0.29, 0.717) is 4.83 Å². The molecule has 82 valence electrons. The fourth-order valence-electron chi connectivity index (χ4n) is 1.98. The molecule has 1 aliphatic heterocycles. The van der Waals surface area contributed by atoms with E-state index >= 15 is 0 Å². The van der Waals surface area contributed by atoms with Crippen LogP contribution in [-0.2, 0) is 6.54 Å². The van der Waals surface area contributed by atoms with Gasteiger partial charge < -0.3 is 0 Å². The molecule has 0 aromatic heterocycles. The molecule has 2 rings (SSSR count). The van der Waals surface area contributed by atoms with Crippen molar-refractivity contribution in [2.45, 2.75) is 24.7 Å². The van der Waals surface area contributed by atoms with Gasteiger partial charge in [-0.05, 0) is 43.1 Å². The average molecular weight is 333 g/mol. The largest absolute Gasteiger partial charge is 0.298 e. The maximum absolute atomic E-state index is 3.67. The van der Waals surface area contributed by atoms with Gasteiger partial charge in [0.15, 0.2) is 0 Å². The topological polar surface area (TPSA) is 3.24 Å². The van der Waals surface area contributed by atoms with Crippen molar-refractivity contribution in [2.75, 3.05) is 13.1 Å². The van der Waals surface area contributed by atoms with Gasteiger partial charge in [-0.1, -0.05) is 37.9 Å². The second-order valence-electron chi connectivity index (χ2n) is 4.19. The molecule has 15 heavy (non-hydrogen) atoms. The van der Waals surface area contributed by atoms with Gasteiger partial charge in [0.2, 0.25) is 0 Å². The van der Waals surface area contributed by atoms with Crippen LogP contribution in [-0.4, -0.2) is 22.8 Å². The van der Waals surface area contributed by atoms with Crippen molar-refractivity contribution in [3.8, 4) is 0 Å². The van der Waals surface area contributed by atoms with Crippen molar-refractivity contribution >= 4 is 31.9 Å². The highest BCUT2D eigenvalue weighted by Gasteiger charge is 2.20. The molecule has 0 N–H and O–H groups in total. The lowest BCUT2D eigenvalue weighted by atomic mass is 10.1. The third kappa shape index (κ3) is 3.05. The first-order valence-electron chi connectivity index (χ1n) is 5.26. The number of likely N-dealkylation sites (tertiary alicyclic amines) is 1. The zero-order chi connectivity index (χ0) is 10.8. The predicted molar refractivity (Wildman–Crippen MR) is 71.5 cm³/mol. The molecule has 1 heterocycles. The van der Waals surface area contributed by atoms with Gasteiger partial charge in [0.1, 0.15) is 0 Å². The first kappa shape index (κ1) is 11.6. The highest BCUT2D eigenvalue weighted by atomic mass is 79.9. The molecule has 1 saturated heterocycles. The molecule has 0 spiro atoms. The van der Waals surface area contributed by atoms with E-state index < -0.39 is 0 Å². The Morgan fingerprint density at radius 2 is 2.27 bits per heavy atom. The quantitative estimate of drug-likeness (QED) is 0.746. The van der Waals surface area contributed by atoms with Crippen molar-refractivity contribution in [3.05, 3.63) is 33.8 Å².